The first kappa shape index (κ1) is 24.3. The SMILES string of the molecule is COc1ccc(C(=O)NN=C(C)CC(=O)Nc2ccc(OCc3ccccc3)cc2)cc1OC. The summed E-state index contributed by atoms with van der Waals surface area (Å²) < 4.78 is 16.1. The van der Waals surface area contributed by atoms with Crippen LogP contribution in [0.25, 0.3) is 0 Å². The highest BCUT2D eigenvalue weighted by molar-refractivity contribution is 6.06. The third-order valence-electron chi connectivity index (χ3n) is 4.80. The molecule has 0 fully saturated rings. The van der Waals surface area contributed by atoms with Crippen LogP contribution in [0, 0.1) is 0 Å². The van der Waals surface area contributed by atoms with E-state index in [-0.39, 0.29) is 12.3 Å². The molecule has 0 aliphatic rings. The number of amides is 2. The van der Waals surface area contributed by atoms with Crippen molar-refractivity contribution < 1.29 is 23.8 Å². The molecule has 2 amide bonds. The third-order valence-corrected chi connectivity index (χ3v) is 4.80. The van der Waals surface area contributed by atoms with E-state index in [1.165, 1.54) is 14.2 Å². The average molecular weight is 462 g/mol. The van der Waals surface area contributed by atoms with Gasteiger partial charge in [0.25, 0.3) is 5.91 Å². The van der Waals surface area contributed by atoms with Gasteiger partial charge in [0.15, 0.2) is 11.5 Å². The van der Waals surface area contributed by atoms with Gasteiger partial charge in [-0.25, -0.2) is 5.43 Å². The molecule has 8 nitrogen and oxygen atoms in total. The molecule has 3 rings (SSSR count). The topological polar surface area (TPSA) is 98.2 Å². The van der Waals surface area contributed by atoms with E-state index in [1.807, 2.05) is 30.3 Å². The highest BCUT2D eigenvalue weighted by atomic mass is 16.5. The Labute approximate surface area is 198 Å². The van der Waals surface area contributed by atoms with Gasteiger partial charge in [-0.1, -0.05) is 30.3 Å². The minimum atomic E-state index is -0.424. The van der Waals surface area contributed by atoms with Crippen molar-refractivity contribution in [3.05, 3.63) is 83.9 Å². The standard InChI is InChI=1S/C26H27N3O5/c1-18(28-29-26(31)20-9-14-23(32-2)24(16-20)33-3)15-25(30)27-21-10-12-22(13-11-21)34-17-19-7-5-4-6-8-19/h4-14,16H,15,17H2,1-3H3,(H,27,30)(H,29,31). The van der Waals surface area contributed by atoms with Gasteiger partial charge in [-0.3, -0.25) is 9.59 Å². The molecule has 0 unspecified atom stereocenters. The first-order chi connectivity index (χ1) is 16.5. The van der Waals surface area contributed by atoms with E-state index in [9.17, 15) is 9.59 Å². The lowest BCUT2D eigenvalue weighted by Crippen LogP contribution is -2.21. The molecule has 0 aliphatic heterocycles. The van der Waals surface area contributed by atoms with E-state index in [0.29, 0.717) is 40.8 Å². The number of methoxy groups -OCH3 is 2. The second kappa shape index (κ2) is 12.1. The molecule has 3 aromatic rings. The molecule has 0 heterocycles. The predicted octanol–water partition coefficient (Wildman–Crippen LogP) is 4.42. The fourth-order valence-electron chi connectivity index (χ4n) is 3.04. The lowest BCUT2D eigenvalue weighted by molar-refractivity contribution is -0.115. The van der Waals surface area contributed by atoms with Crippen LogP contribution in [-0.4, -0.2) is 31.7 Å². The first-order valence-corrected chi connectivity index (χ1v) is 10.6. The summed E-state index contributed by atoms with van der Waals surface area (Å²) >= 11 is 0. The molecular weight excluding hydrogens is 434 g/mol. The quantitative estimate of drug-likeness (QED) is 0.344. The lowest BCUT2D eigenvalue weighted by atomic mass is 10.2. The van der Waals surface area contributed by atoms with Crippen LogP contribution in [0.2, 0.25) is 0 Å². The van der Waals surface area contributed by atoms with Crippen molar-refractivity contribution in [2.24, 2.45) is 5.10 Å². The van der Waals surface area contributed by atoms with E-state index in [0.717, 1.165) is 5.56 Å². The molecule has 0 aromatic heterocycles. The molecule has 0 aliphatic carbocycles. The van der Waals surface area contributed by atoms with Gasteiger partial charge < -0.3 is 19.5 Å². The summed E-state index contributed by atoms with van der Waals surface area (Å²) in [6.07, 6.45) is 0.0263. The number of nitrogens with zero attached hydrogens (tertiary/aromatic N) is 1. The number of carbonyl (C=O) groups excluding carboxylic acids is 2. The van der Waals surface area contributed by atoms with Gasteiger partial charge in [0.1, 0.15) is 12.4 Å². The Hall–Kier alpha value is -4.33. The van der Waals surface area contributed by atoms with Crippen LogP contribution in [0.15, 0.2) is 77.9 Å². The zero-order chi connectivity index (χ0) is 24.3. The van der Waals surface area contributed by atoms with Gasteiger partial charge in [0.2, 0.25) is 5.91 Å². The number of hydrazone groups is 1. The summed E-state index contributed by atoms with van der Waals surface area (Å²) in [7, 11) is 3.01. The summed E-state index contributed by atoms with van der Waals surface area (Å²) in [5, 5.41) is 6.81. The molecule has 0 radical (unpaired) electrons. The molecule has 0 atom stereocenters. The van der Waals surface area contributed by atoms with Gasteiger partial charge >= 0.3 is 0 Å². The Morgan fingerprint density at radius 3 is 2.26 bits per heavy atom. The van der Waals surface area contributed by atoms with E-state index in [1.54, 1.807) is 49.4 Å². The Morgan fingerprint density at radius 1 is 0.882 bits per heavy atom. The third kappa shape index (κ3) is 7.09. The number of carbonyl (C=O) groups is 2. The highest BCUT2D eigenvalue weighted by Crippen LogP contribution is 2.27. The molecule has 0 saturated carbocycles. The smallest absolute Gasteiger partial charge is 0.271 e. The minimum absolute atomic E-state index is 0.0263. The second-order valence-corrected chi connectivity index (χ2v) is 7.38. The molecule has 2 N–H and O–H groups in total. The normalized spacial score (nSPS) is 10.9. The van der Waals surface area contributed by atoms with Crippen molar-refractivity contribution >= 4 is 23.2 Å². The summed E-state index contributed by atoms with van der Waals surface area (Å²) in [6.45, 7) is 2.13. The zero-order valence-electron chi connectivity index (χ0n) is 19.3. The van der Waals surface area contributed by atoms with Gasteiger partial charge in [-0.05, 0) is 55.0 Å². The number of benzene rings is 3. The second-order valence-electron chi connectivity index (χ2n) is 7.38. The predicted molar refractivity (Wildman–Crippen MR) is 131 cm³/mol. The summed E-state index contributed by atoms with van der Waals surface area (Å²) in [5.41, 5.74) is 4.97. The van der Waals surface area contributed by atoms with Crippen molar-refractivity contribution in [1.82, 2.24) is 5.43 Å². The Balaban J connectivity index is 1.48. The number of rotatable bonds is 10. The minimum Gasteiger partial charge on any atom is -0.493 e. The largest absolute Gasteiger partial charge is 0.493 e. The first-order valence-electron chi connectivity index (χ1n) is 10.6. The van der Waals surface area contributed by atoms with Crippen LogP contribution in [0.1, 0.15) is 29.3 Å². The van der Waals surface area contributed by atoms with E-state index >= 15 is 0 Å². The molecule has 34 heavy (non-hydrogen) atoms. The molecule has 176 valence electrons. The summed E-state index contributed by atoms with van der Waals surface area (Å²) in [5.74, 6) is 0.988. The van der Waals surface area contributed by atoms with E-state index in [4.69, 9.17) is 14.2 Å². The number of anilines is 1. The summed E-state index contributed by atoms with van der Waals surface area (Å²) in [6, 6.07) is 21.8. The van der Waals surface area contributed by atoms with Crippen molar-refractivity contribution in [2.75, 3.05) is 19.5 Å². The monoisotopic (exact) mass is 461 g/mol. The van der Waals surface area contributed by atoms with Gasteiger partial charge in [-0.15, -0.1) is 0 Å². The molecule has 0 saturated heterocycles. The zero-order valence-corrected chi connectivity index (χ0v) is 19.3. The highest BCUT2D eigenvalue weighted by Gasteiger charge is 2.11. The molecule has 3 aromatic carbocycles. The number of hydrogen-bond acceptors (Lipinski definition) is 6. The van der Waals surface area contributed by atoms with Crippen molar-refractivity contribution in [3.8, 4) is 17.2 Å². The number of hydrogen-bond donors (Lipinski definition) is 2. The Kier molecular flexibility index (Phi) is 8.62. The van der Waals surface area contributed by atoms with Gasteiger partial charge in [0, 0.05) is 17.0 Å². The molecule has 0 bridgehead atoms. The van der Waals surface area contributed by atoms with Crippen LogP contribution in [0.3, 0.4) is 0 Å². The van der Waals surface area contributed by atoms with Crippen LogP contribution in [0.4, 0.5) is 5.69 Å². The Morgan fingerprint density at radius 2 is 1.59 bits per heavy atom. The van der Waals surface area contributed by atoms with Crippen LogP contribution >= 0.6 is 0 Å². The van der Waals surface area contributed by atoms with Crippen molar-refractivity contribution in [2.45, 2.75) is 20.0 Å². The van der Waals surface area contributed by atoms with Crippen LogP contribution in [-0.2, 0) is 11.4 Å². The number of ether oxygens (including phenoxy) is 3. The number of nitrogens with one attached hydrogen (secondary N) is 2. The molecular formula is C26H27N3O5. The fraction of sp³-hybridized carbons (Fsp3) is 0.192. The van der Waals surface area contributed by atoms with Crippen molar-refractivity contribution in [1.29, 1.82) is 0 Å². The van der Waals surface area contributed by atoms with E-state index in [2.05, 4.69) is 15.8 Å². The maximum absolute atomic E-state index is 12.3. The van der Waals surface area contributed by atoms with E-state index < -0.39 is 5.91 Å². The van der Waals surface area contributed by atoms with Crippen LogP contribution in [0.5, 0.6) is 17.2 Å². The molecule has 0 spiro atoms. The Bertz CT molecular complexity index is 1140. The maximum atomic E-state index is 12.3. The maximum Gasteiger partial charge on any atom is 0.271 e. The lowest BCUT2D eigenvalue weighted by Gasteiger charge is -2.09. The molecule has 8 heteroatoms. The average Bonchev–Trinajstić information content (AvgIpc) is 2.87. The van der Waals surface area contributed by atoms with Gasteiger partial charge in [0.05, 0.1) is 20.6 Å². The fourth-order valence-corrected chi connectivity index (χ4v) is 3.04. The van der Waals surface area contributed by atoms with Crippen LogP contribution < -0.4 is 25.0 Å². The van der Waals surface area contributed by atoms with Gasteiger partial charge in [-0.2, -0.15) is 5.10 Å². The summed E-state index contributed by atoms with van der Waals surface area (Å²) in [4.78, 5) is 24.7. The van der Waals surface area contributed by atoms with Crippen molar-refractivity contribution in [3.63, 3.8) is 0 Å².